The average Bonchev–Trinajstić information content (AvgIpc) is 3.67. The van der Waals surface area contributed by atoms with Gasteiger partial charge in [0, 0.05) is 12.8 Å². The van der Waals surface area contributed by atoms with E-state index in [2.05, 4.69) is 31.3 Å². The number of aliphatic hydroxyl groups excluding tert-OH is 2. The number of hydrogen-bond donors (Lipinski definition) is 3. The summed E-state index contributed by atoms with van der Waals surface area (Å²) in [6, 6.07) is -0.627. The molecule has 0 saturated heterocycles. The Morgan fingerprint density at radius 2 is 0.522 bits per heavy atom. The summed E-state index contributed by atoms with van der Waals surface area (Å²) in [5.74, 6) is -0.0370. The van der Waals surface area contributed by atoms with Gasteiger partial charge in [-0.1, -0.05) is 430 Å². The molecule has 0 radical (unpaired) electrons. The second-order valence-corrected chi connectivity index (χ2v) is 28.8. The predicted molar refractivity (Wildman–Crippen MR) is 398 cm³/mol. The van der Waals surface area contributed by atoms with E-state index in [1.165, 1.54) is 411 Å². The Labute approximate surface area is 564 Å². The van der Waals surface area contributed by atoms with E-state index < -0.39 is 12.1 Å². The minimum absolute atomic E-state index is 0.0226. The summed E-state index contributed by atoms with van der Waals surface area (Å²) >= 11 is 0. The van der Waals surface area contributed by atoms with Crippen LogP contribution < -0.4 is 5.32 Å². The standard InChI is InChI=1S/C84H163NO5/c1-3-5-7-9-11-13-15-17-19-21-22-23-24-33-36-39-42-45-48-52-56-60-64-68-72-76-82(87)81(80-86)85-83(88)77-73-69-65-61-57-53-49-46-43-40-37-34-31-29-27-25-26-28-30-32-35-38-41-44-47-51-55-59-63-67-71-75-79-90-84(89)78-74-70-66-62-58-54-50-20-18-16-14-12-10-8-6-4-2/h28,30,72,76,81-82,86-87H,3-27,29,31-71,73-75,77-80H2,1-2H3,(H,85,88)/b30-28-,76-72+. The van der Waals surface area contributed by atoms with E-state index in [4.69, 9.17) is 4.74 Å². The van der Waals surface area contributed by atoms with Crippen molar-refractivity contribution in [3.05, 3.63) is 24.3 Å². The molecule has 3 N–H and O–H groups in total. The highest BCUT2D eigenvalue weighted by atomic mass is 16.5. The third-order valence-corrected chi connectivity index (χ3v) is 19.7. The predicted octanol–water partition coefficient (Wildman–Crippen LogP) is 27.6. The summed E-state index contributed by atoms with van der Waals surface area (Å²) in [5.41, 5.74) is 0. The van der Waals surface area contributed by atoms with Crippen LogP contribution in [0.3, 0.4) is 0 Å². The lowest BCUT2D eigenvalue weighted by Gasteiger charge is -2.20. The van der Waals surface area contributed by atoms with Crippen LogP contribution in [0, 0.1) is 0 Å². The smallest absolute Gasteiger partial charge is 0.305 e. The molecule has 2 unspecified atom stereocenters. The van der Waals surface area contributed by atoms with Crippen LogP contribution in [0.25, 0.3) is 0 Å². The Kier molecular flexibility index (Phi) is 78.3. The molecule has 6 heteroatoms. The monoisotopic (exact) mass is 1270 g/mol. The lowest BCUT2D eigenvalue weighted by Crippen LogP contribution is -2.45. The Hall–Kier alpha value is -1.66. The van der Waals surface area contributed by atoms with Crippen LogP contribution in [-0.4, -0.2) is 47.4 Å². The van der Waals surface area contributed by atoms with Crippen LogP contribution in [0.4, 0.5) is 0 Å². The quantitative estimate of drug-likeness (QED) is 0.0320. The van der Waals surface area contributed by atoms with Gasteiger partial charge in [0.25, 0.3) is 0 Å². The Morgan fingerprint density at radius 1 is 0.300 bits per heavy atom. The highest BCUT2D eigenvalue weighted by Gasteiger charge is 2.18. The van der Waals surface area contributed by atoms with Gasteiger partial charge < -0.3 is 20.3 Å². The molecule has 1 amide bonds. The largest absolute Gasteiger partial charge is 0.466 e. The van der Waals surface area contributed by atoms with Crippen molar-refractivity contribution in [2.75, 3.05) is 13.2 Å². The zero-order valence-corrected chi connectivity index (χ0v) is 61.4. The Bertz CT molecular complexity index is 1410. The molecule has 0 aliphatic carbocycles. The molecule has 0 aromatic rings. The van der Waals surface area contributed by atoms with E-state index in [1.54, 1.807) is 6.08 Å². The maximum Gasteiger partial charge on any atom is 0.305 e. The van der Waals surface area contributed by atoms with E-state index >= 15 is 0 Å². The molecule has 2 atom stereocenters. The fraction of sp³-hybridized carbons (Fsp3) is 0.929. The van der Waals surface area contributed by atoms with E-state index in [-0.39, 0.29) is 18.5 Å². The van der Waals surface area contributed by atoms with Crippen LogP contribution in [0.15, 0.2) is 24.3 Å². The van der Waals surface area contributed by atoms with Gasteiger partial charge in [-0.15, -0.1) is 0 Å². The molecule has 0 rings (SSSR count). The number of amides is 1. The van der Waals surface area contributed by atoms with Gasteiger partial charge in [-0.2, -0.15) is 0 Å². The van der Waals surface area contributed by atoms with E-state index in [0.29, 0.717) is 19.4 Å². The normalized spacial score (nSPS) is 12.5. The number of ether oxygens (including phenoxy) is 1. The molecule has 534 valence electrons. The molecule has 6 nitrogen and oxygen atoms in total. The van der Waals surface area contributed by atoms with Crippen LogP contribution >= 0.6 is 0 Å². The summed E-state index contributed by atoms with van der Waals surface area (Å²) in [4.78, 5) is 24.7. The topological polar surface area (TPSA) is 95.9 Å². The number of nitrogens with one attached hydrogen (secondary N) is 1. The fourth-order valence-corrected chi connectivity index (χ4v) is 13.4. The molecule has 0 spiro atoms. The van der Waals surface area contributed by atoms with Gasteiger partial charge in [-0.25, -0.2) is 0 Å². The average molecular weight is 1270 g/mol. The second kappa shape index (κ2) is 79.8. The number of hydrogen-bond acceptors (Lipinski definition) is 5. The van der Waals surface area contributed by atoms with Crippen molar-refractivity contribution in [3.63, 3.8) is 0 Å². The Balaban J connectivity index is 3.37. The van der Waals surface area contributed by atoms with Crippen molar-refractivity contribution in [1.82, 2.24) is 5.32 Å². The third-order valence-electron chi connectivity index (χ3n) is 19.7. The van der Waals surface area contributed by atoms with Gasteiger partial charge >= 0.3 is 5.97 Å². The van der Waals surface area contributed by atoms with Gasteiger partial charge in [0.05, 0.1) is 25.4 Å². The van der Waals surface area contributed by atoms with Crippen molar-refractivity contribution in [3.8, 4) is 0 Å². The summed E-state index contributed by atoms with van der Waals surface area (Å²) < 4.78 is 5.51. The van der Waals surface area contributed by atoms with Gasteiger partial charge in [0.2, 0.25) is 5.91 Å². The highest BCUT2D eigenvalue weighted by molar-refractivity contribution is 5.76. The fourth-order valence-electron chi connectivity index (χ4n) is 13.4. The van der Waals surface area contributed by atoms with Crippen molar-refractivity contribution >= 4 is 11.9 Å². The molecule has 0 aromatic heterocycles. The molecule has 0 saturated carbocycles. The molecule has 0 aliphatic heterocycles. The number of esters is 1. The van der Waals surface area contributed by atoms with Crippen LogP contribution in [0.1, 0.15) is 476 Å². The number of rotatable bonds is 79. The maximum absolute atomic E-state index is 12.6. The Morgan fingerprint density at radius 3 is 0.789 bits per heavy atom. The molecule has 0 aliphatic rings. The van der Waals surface area contributed by atoms with Crippen LogP contribution in [0.2, 0.25) is 0 Å². The van der Waals surface area contributed by atoms with E-state index in [0.717, 1.165) is 38.5 Å². The molecule has 0 aromatic carbocycles. The number of unbranched alkanes of at least 4 members (excludes halogenated alkanes) is 66. The maximum atomic E-state index is 12.6. The minimum atomic E-state index is -0.844. The molecular weight excluding hydrogens is 1100 g/mol. The zero-order chi connectivity index (χ0) is 64.9. The van der Waals surface area contributed by atoms with E-state index in [9.17, 15) is 19.8 Å². The summed E-state index contributed by atoms with van der Waals surface area (Å²) in [7, 11) is 0. The SMILES string of the molecule is CCCCCCCCCCCCCCCCCCCCCCCCC/C=C/C(O)C(CO)NC(=O)CCCCCCCCCCCCCCCCCC/C=C\CCCCCCCCCCCCCCOC(=O)CCCCCCCCCCCCCCCCCC. The molecular formula is C84H163NO5. The van der Waals surface area contributed by atoms with Gasteiger partial charge in [-0.3, -0.25) is 9.59 Å². The van der Waals surface area contributed by atoms with E-state index in [1.807, 2.05) is 6.08 Å². The number of carbonyl (C=O) groups is 2. The first kappa shape index (κ1) is 88.3. The summed E-state index contributed by atoms with van der Waals surface area (Å²) in [6.45, 7) is 4.97. The van der Waals surface area contributed by atoms with Crippen molar-refractivity contribution < 1.29 is 24.5 Å². The second-order valence-electron chi connectivity index (χ2n) is 28.8. The summed E-state index contributed by atoms with van der Waals surface area (Å²) in [6.07, 6.45) is 103. The van der Waals surface area contributed by atoms with Crippen molar-refractivity contribution in [2.24, 2.45) is 0 Å². The van der Waals surface area contributed by atoms with Crippen LogP contribution in [-0.2, 0) is 14.3 Å². The molecule has 0 heterocycles. The van der Waals surface area contributed by atoms with Gasteiger partial charge in [0.1, 0.15) is 0 Å². The van der Waals surface area contributed by atoms with Crippen molar-refractivity contribution in [2.45, 2.75) is 488 Å². The molecule has 90 heavy (non-hydrogen) atoms. The van der Waals surface area contributed by atoms with Gasteiger partial charge in [0.15, 0.2) is 0 Å². The lowest BCUT2D eigenvalue weighted by atomic mass is 10.0. The zero-order valence-electron chi connectivity index (χ0n) is 61.4. The first-order valence-corrected chi connectivity index (χ1v) is 41.6. The minimum Gasteiger partial charge on any atom is -0.466 e. The first-order chi connectivity index (χ1) is 44.5. The third kappa shape index (κ3) is 75.4. The van der Waals surface area contributed by atoms with Crippen LogP contribution in [0.5, 0.6) is 0 Å². The number of carbonyl (C=O) groups excluding carboxylic acids is 2. The highest BCUT2D eigenvalue weighted by Crippen LogP contribution is 2.20. The first-order valence-electron chi connectivity index (χ1n) is 41.6. The number of allylic oxidation sites excluding steroid dienone is 3. The molecule has 0 fully saturated rings. The van der Waals surface area contributed by atoms with Gasteiger partial charge in [-0.05, 0) is 57.8 Å². The summed E-state index contributed by atoms with van der Waals surface area (Å²) in [5, 5.41) is 23.3. The molecule has 0 bridgehead atoms. The number of aliphatic hydroxyl groups is 2. The lowest BCUT2D eigenvalue weighted by molar-refractivity contribution is -0.143. The van der Waals surface area contributed by atoms with Crippen molar-refractivity contribution in [1.29, 1.82) is 0 Å².